The van der Waals surface area contributed by atoms with E-state index in [1.807, 2.05) is 24.5 Å². The van der Waals surface area contributed by atoms with Gasteiger partial charge in [-0.3, -0.25) is 4.90 Å². The van der Waals surface area contributed by atoms with Crippen molar-refractivity contribution in [2.75, 3.05) is 49.2 Å². The Morgan fingerprint density at radius 3 is 2.52 bits per heavy atom. The number of unbranched alkanes of at least 4 members (excludes halogenated alkanes) is 2. The number of nitrogens with one attached hydrogen (secondary N) is 1. The molecule has 1 saturated heterocycles. The summed E-state index contributed by atoms with van der Waals surface area (Å²) in [6.07, 6.45) is 5.37. The van der Waals surface area contributed by atoms with Crippen LogP contribution < -0.4 is 16.0 Å². The number of piperazine rings is 1. The third-order valence-corrected chi connectivity index (χ3v) is 6.61. The molecule has 31 heavy (non-hydrogen) atoms. The number of anilines is 2. The van der Waals surface area contributed by atoms with E-state index in [9.17, 15) is 9.90 Å². The van der Waals surface area contributed by atoms with Crippen molar-refractivity contribution >= 4 is 29.2 Å². The normalized spacial score (nSPS) is 15.6. The van der Waals surface area contributed by atoms with Crippen LogP contribution in [0.1, 0.15) is 37.4 Å². The molecule has 4 N–H and O–H groups in total. The zero-order chi connectivity index (χ0) is 22.1. The van der Waals surface area contributed by atoms with Crippen molar-refractivity contribution in [3.8, 4) is 0 Å². The minimum Gasteiger partial charge on any atom is -0.388 e. The highest BCUT2D eigenvalue weighted by Gasteiger charge is 2.17. The van der Waals surface area contributed by atoms with Crippen molar-refractivity contribution in [2.24, 2.45) is 5.73 Å². The number of nitrogens with two attached hydrogens (primary N) is 1. The lowest BCUT2D eigenvalue weighted by atomic mass is 10.0. The molecular weight excluding hydrogens is 408 g/mol. The number of hydrogen-bond acceptors (Lipinski definition) is 5. The molecule has 1 atom stereocenters. The number of carbonyl (C=O) groups is 1. The molecule has 0 saturated carbocycles. The minimum absolute atomic E-state index is 0.529. The van der Waals surface area contributed by atoms with Crippen molar-refractivity contribution in [1.82, 2.24) is 4.90 Å². The van der Waals surface area contributed by atoms with E-state index in [1.54, 1.807) is 0 Å². The fraction of sp³-hybridized carbons (Fsp3) is 0.458. The molecule has 0 bridgehead atoms. The van der Waals surface area contributed by atoms with Crippen LogP contribution in [0.25, 0.3) is 0 Å². The molecule has 1 aliphatic rings. The molecule has 0 aromatic heterocycles. The van der Waals surface area contributed by atoms with Crippen LogP contribution in [0, 0.1) is 0 Å². The molecule has 2 aromatic rings. The first-order chi connectivity index (χ1) is 15.1. The Kier molecular flexibility index (Phi) is 9.06. The van der Waals surface area contributed by atoms with E-state index in [4.69, 9.17) is 5.73 Å². The summed E-state index contributed by atoms with van der Waals surface area (Å²) in [4.78, 5) is 17.1. The number of thioether (sulfide) groups is 1. The standard InChI is InChI=1S/C24H34N4O2S/c1-31-23-12-11-19(18-21(23)26-24(25)30)22(29)10-6-3-7-13-27-14-16-28(17-15-27)20-8-4-2-5-9-20/h2,4-5,8-9,11-12,18,22,29H,3,6-7,10,13-17H2,1H3,(H3,25,26,30). The van der Waals surface area contributed by atoms with Crippen molar-refractivity contribution < 1.29 is 9.90 Å². The van der Waals surface area contributed by atoms with Gasteiger partial charge in [0.05, 0.1) is 11.8 Å². The molecule has 1 heterocycles. The Morgan fingerprint density at radius 1 is 1.10 bits per heavy atom. The summed E-state index contributed by atoms with van der Waals surface area (Å²) in [6.45, 7) is 5.49. The van der Waals surface area contributed by atoms with Crippen LogP contribution in [0.4, 0.5) is 16.2 Å². The van der Waals surface area contributed by atoms with E-state index in [-0.39, 0.29) is 0 Å². The summed E-state index contributed by atoms with van der Waals surface area (Å²) in [7, 11) is 0. The number of para-hydroxylation sites is 1. The monoisotopic (exact) mass is 442 g/mol. The van der Waals surface area contributed by atoms with Gasteiger partial charge in [-0.05, 0) is 55.5 Å². The number of urea groups is 1. The predicted octanol–water partition coefficient (Wildman–Crippen LogP) is 4.32. The number of nitrogens with zero attached hydrogens (tertiary/aromatic N) is 2. The van der Waals surface area contributed by atoms with E-state index in [1.165, 1.54) is 17.4 Å². The van der Waals surface area contributed by atoms with Gasteiger partial charge in [-0.1, -0.05) is 37.1 Å². The molecule has 2 amide bonds. The highest BCUT2D eigenvalue weighted by atomic mass is 32.2. The van der Waals surface area contributed by atoms with Crippen LogP contribution in [0.3, 0.4) is 0 Å². The Hall–Kier alpha value is -2.22. The van der Waals surface area contributed by atoms with Gasteiger partial charge in [0, 0.05) is 36.8 Å². The average Bonchev–Trinajstić information content (AvgIpc) is 2.79. The average molecular weight is 443 g/mol. The lowest BCUT2D eigenvalue weighted by Gasteiger charge is -2.36. The highest BCUT2D eigenvalue weighted by molar-refractivity contribution is 7.98. The molecule has 0 spiro atoms. The van der Waals surface area contributed by atoms with Crippen LogP contribution in [0.15, 0.2) is 53.4 Å². The topological polar surface area (TPSA) is 81.8 Å². The Bertz CT molecular complexity index is 826. The van der Waals surface area contributed by atoms with E-state index in [0.717, 1.165) is 68.9 Å². The SMILES string of the molecule is CSc1ccc(C(O)CCCCCN2CCN(c3ccccc3)CC2)cc1NC(N)=O. The minimum atomic E-state index is -0.591. The smallest absolute Gasteiger partial charge is 0.316 e. The number of carbonyl (C=O) groups excluding carboxylic acids is 1. The van der Waals surface area contributed by atoms with Crippen LogP contribution in [0.5, 0.6) is 0 Å². The molecule has 0 aliphatic carbocycles. The quantitative estimate of drug-likeness (QED) is 0.377. The first-order valence-corrected chi connectivity index (χ1v) is 12.2. The van der Waals surface area contributed by atoms with Gasteiger partial charge in [0.2, 0.25) is 0 Å². The first-order valence-electron chi connectivity index (χ1n) is 11.0. The molecule has 1 unspecified atom stereocenters. The molecule has 1 aliphatic heterocycles. The summed E-state index contributed by atoms with van der Waals surface area (Å²) in [5.74, 6) is 0. The molecule has 3 rings (SSSR count). The van der Waals surface area contributed by atoms with Crippen molar-refractivity contribution in [3.05, 3.63) is 54.1 Å². The molecular formula is C24H34N4O2S. The van der Waals surface area contributed by atoms with E-state index >= 15 is 0 Å². The van der Waals surface area contributed by atoms with Gasteiger partial charge in [0.15, 0.2) is 0 Å². The molecule has 1 fully saturated rings. The summed E-state index contributed by atoms with van der Waals surface area (Å²) in [6, 6.07) is 15.7. The van der Waals surface area contributed by atoms with Crippen molar-refractivity contribution in [2.45, 2.75) is 36.7 Å². The van der Waals surface area contributed by atoms with Crippen LogP contribution >= 0.6 is 11.8 Å². The first kappa shape index (κ1) is 23.4. The largest absolute Gasteiger partial charge is 0.388 e. The Morgan fingerprint density at radius 2 is 1.84 bits per heavy atom. The number of benzene rings is 2. The molecule has 168 valence electrons. The second-order valence-electron chi connectivity index (χ2n) is 7.98. The maximum atomic E-state index is 11.2. The third-order valence-electron chi connectivity index (χ3n) is 5.81. The van der Waals surface area contributed by atoms with Crippen LogP contribution in [-0.4, -0.2) is 55.0 Å². The van der Waals surface area contributed by atoms with Gasteiger partial charge in [0.1, 0.15) is 0 Å². The number of hydrogen-bond donors (Lipinski definition) is 3. The van der Waals surface area contributed by atoms with E-state index in [2.05, 4.69) is 45.4 Å². The zero-order valence-corrected chi connectivity index (χ0v) is 19.1. The number of rotatable bonds is 10. The van der Waals surface area contributed by atoms with E-state index in [0.29, 0.717) is 5.69 Å². The van der Waals surface area contributed by atoms with Gasteiger partial charge < -0.3 is 21.1 Å². The molecule has 0 radical (unpaired) electrons. The maximum Gasteiger partial charge on any atom is 0.316 e. The summed E-state index contributed by atoms with van der Waals surface area (Å²) < 4.78 is 0. The number of aliphatic hydroxyl groups is 1. The predicted molar refractivity (Wildman–Crippen MR) is 130 cm³/mol. The Labute approximate surface area is 189 Å². The van der Waals surface area contributed by atoms with Gasteiger partial charge in [-0.2, -0.15) is 0 Å². The van der Waals surface area contributed by atoms with Gasteiger partial charge in [-0.25, -0.2) is 4.79 Å². The summed E-state index contributed by atoms with van der Waals surface area (Å²) in [5, 5.41) is 13.2. The lowest BCUT2D eigenvalue weighted by Crippen LogP contribution is -2.46. The summed E-state index contributed by atoms with van der Waals surface area (Å²) >= 11 is 1.53. The maximum absolute atomic E-state index is 11.2. The molecule has 6 nitrogen and oxygen atoms in total. The molecule has 2 aromatic carbocycles. The Balaban J connectivity index is 1.35. The van der Waals surface area contributed by atoms with Crippen molar-refractivity contribution in [1.29, 1.82) is 0 Å². The molecule has 7 heteroatoms. The fourth-order valence-corrected chi connectivity index (χ4v) is 4.58. The van der Waals surface area contributed by atoms with Crippen molar-refractivity contribution in [3.63, 3.8) is 0 Å². The van der Waals surface area contributed by atoms with Crippen LogP contribution in [-0.2, 0) is 0 Å². The van der Waals surface area contributed by atoms with Gasteiger partial charge in [0.25, 0.3) is 0 Å². The number of aliphatic hydroxyl groups excluding tert-OH is 1. The zero-order valence-electron chi connectivity index (χ0n) is 18.3. The van der Waals surface area contributed by atoms with Gasteiger partial charge >= 0.3 is 6.03 Å². The number of primary amides is 1. The van der Waals surface area contributed by atoms with Crippen LogP contribution in [0.2, 0.25) is 0 Å². The van der Waals surface area contributed by atoms with Gasteiger partial charge in [-0.15, -0.1) is 11.8 Å². The second kappa shape index (κ2) is 12.0. The third kappa shape index (κ3) is 7.16. The lowest BCUT2D eigenvalue weighted by molar-refractivity contribution is 0.162. The second-order valence-corrected chi connectivity index (χ2v) is 8.83. The summed E-state index contributed by atoms with van der Waals surface area (Å²) in [5.41, 5.74) is 8.05. The van der Waals surface area contributed by atoms with E-state index < -0.39 is 12.1 Å². The fourth-order valence-electron chi connectivity index (χ4n) is 4.05. The highest BCUT2D eigenvalue weighted by Crippen LogP contribution is 2.30. The number of amides is 2.